The molecule has 0 aliphatic carbocycles. The van der Waals surface area contributed by atoms with Crippen molar-refractivity contribution in [2.24, 2.45) is 0 Å². The standard InChI is InChI=1S/C23H24N4O2S2/c1-3-29-18-8-9-20-21(15-18)31-23(25-20)27(12-5-11-26-13-10-24-16-26)22(28)17-6-4-7-19(14-17)30-2/h4,6-10,13-16H,3,5,11-12H2,1-2H3. The predicted octanol–water partition coefficient (Wildman–Crippen LogP) is 5.35. The van der Waals surface area contributed by atoms with Crippen LogP contribution in [0.5, 0.6) is 5.75 Å². The quantitative estimate of drug-likeness (QED) is 0.320. The van der Waals surface area contributed by atoms with Gasteiger partial charge < -0.3 is 9.30 Å². The van der Waals surface area contributed by atoms with Crippen LogP contribution in [0.1, 0.15) is 23.7 Å². The van der Waals surface area contributed by atoms with Crippen molar-refractivity contribution in [3.63, 3.8) is 0 Å². The van der Waals surface area contributed by atoms with Crippen LogP contribution in [0, 0.1) is 0 Å². The molecule has 4 rings (SSSR count). The van der Waals surface area contributed by atoms with E-state index in [9.17, 15) is 4.79 Å². The fourth-order valence-electron chi connectivity index (χ4n) is 3.29. The van der Waals surface area contributed by atoms with Crippen molar-refractivity contribution in [2.45, 2.75) is 24.8 Å². The number of aromatic nitrogens is 3. The van der Waals surface area contributed by atoms with Crippen molar-refractivity contribution in [1.82, 2.24) is 14.5 Å². The predicted molar refractivity (Wildman–Crippen MR) is 128 cm³/mol. The number of carbonyl (C=O) groups is 1. The van der Waals surface area contributed by atoms with Crippen molar-refractivity contribution in [1.29, 1.82) is 0 Å². The van der Waals surface area contributed by atoms with Crippen LogP contribution in [0.2, 0.25) is 0 Å². The molecule has 0 aliphatic heterocycles. The van der Waals surface area contributed by atoms with Gasteiger partial charge in [-0.3, -0.25) is 9.69 Å². The van der Waals surface area contributed by atoms with E-state index in [1.54, 1.807) is 29.2 Å². The fourth-order valence-corrected chi connectivity index (χ4v) is 4.77. The van der Waals surface area contributed by atoms with Gasteiger partial charge in [-0.25, -0.2) is 9.97 Å². The molecule has 6 nitrogen and oxygen atoms in total. The summed E-state index contributed by atoms with van der Waals surface area (Å²) in [6.07, 6.45) is 8.29. The van der Waals surface area contributed by atoms with Gasteiger partial charge in [0.15, 0.2) is 5.13 Å². The molecule has 0 saturated heterocycles. The van der Waals surface area contributed by atoms with Crippen LogP contribution in [-0.4, -0.2) is 39.8 Å². The van der Waals surface area contributed by atoms with Gasteiger partial charge >= 0.3 is 0 Å². The van der Waals surface area contributed by atoms with E-state index in [4.69, 9.17) is 9.72 Å². The Bertz CT molecular complexity index is 1160. The average Bonchev–Trinajstić information content (AvgIpc) is 3.46. The Morgan fingerprint density at radius 3 is 2.94 bits per heavy atom. The molecule has 0 unspecified atom stereocenters. The number of amides is 1. The number of aryl methyl sites for hydroxylation is 1. The molecule has 8 heteroatoms. The van der Waals surface area contributed by atoms with Crippen LogP contribution in [-0.2, 0) is 6.54 Å². The van der Waals surface area contributed by atoms with Gasteiger partial charge in [0.25, 0.3) is 5.91 Å². The van der Waals surface area contributed by atoms with Gasteiger partial charge in [-0.2, -0.15) is 0 Å². The SMILES string of the molecule is CCOc1ccc2nc(N(CCCn3ccnc3)C(=O)c3cccc(SC)c3)sc2c1. The first kappa shape index (κ1) is 21.4. The first-order valence-electron chi connectivity index (χ1n) is 10.1. The lowest BCUT2D eigenvalue weighted by molar-refractivity contribution is 0.0986. The summed E-state index contributed by atoms with van der Waals surface area (Å²) in [5.41, 5.74) is 1.54. The number of thiazole rings is 1. The molecule has 0 radical (unpaired) electrons. The summed E-state index contributed by atoms with van der Waals surface area (Å²) in [7, 11) is 0. The normalized spacial score (nSPS) is 11.0. The summed E-state index contributed by atoms with van der Waals surface area (Å²) in [6, 6.07) is 13.6. The Morgan fingerprint density at radius 1 is 1.26 bits per heavy atom. The number of rotatable bonds is 9. The topological polar surface area (TPSA) is 60.2 Å². The maximum absolute atomic E-state index is 13.5. The van der Waals surface area contributed by atoms with Gasteiger partial charge in [0.05, 0.1) is 23.2 Å². The van der Waals surface area contributed by atoms with E-state index in [2.05, 4.69) is 4.98 Å². The highest BCUT2D eigenvalue weighted by Gasteiger charge is 2.21. The number of imidazole rings is 1. The summed E-state index contributed by atoms with van der Waals surface area (Å²) in [5, 5.41) is 0.703. The van der Waals surface area contributed by atoms with Crippen molar-refractivity contribution < 1.29 is 9.53 Å². The van der Waals surface area contributed by atoms with Crippen LogP contribution < -0.4 is 9.64 Å². The molecule has 0 N–H and O–H groups in total. The van der Waals surface area contributed by atoms with Gasteiger partial charge in [-0.15, -0.1) is 11.8 Å². The number of nitrogens with zero attached hydrogens (tertiary/aromatic N) is 4. The van der Waals surface area contributed by atoms with Gasteiger partial charge in [-0.05, 0) is 56.0 Å². The van der Waals surface area contributed by atoms with Crippen molar-refractivity contribution in [3.8, 4) is 5.75 Å². The second kappa shape index (κ2) is 9.98. The number of hydrogen-bond donors (Lipinski definition) is 0. The first-order chi connectivity index (χ1) is 15.2. The van der Waals surface area contributed by atoms with Gasteiger partial charge in [0.2, 0.25) is 0 Å². The third kappa shape index (κ3) is 5.08. The smallest absolute Gasteiger partial charge is 0.260 e. The van der Waals surface area contributed by atoms with E-state index in [1.165, 1.54) is 11.3 Å². The van der Waals surface area contributed by atoms with Crippen LogP contribution in [0.4, 0.5) is 5.13 Å². The monoisotopic (exact) mass is 452 g/mol. The van der Waals surface area contributed by atoms with E-state index in [-0.39, 0.29) is 5.91 Å². The minimum atomic E-state index is -0.0365. The van der Waals surface area contributed by atoms with E-state index in [1.807, 2.05) is 66.4 Å². The fraction of sp³-hybridized carbons (Fsp3) is 0.261. The van der Waals surface area contributed by atoms with Crippen molar-refractivity contribution in [2.75, 3.05) is 24.3 Å². The molecule has 160 valence electrons. The number of thioether (sulfide) groups is 1. The van der Waals surface area contributed by atoms with Gasteiger partial charge in [0.1, 0.15) is 5.75 Å². The third-order valence-electron chi connectivity index (χ3n) is 4.81. The maximum Gasteiger partial charge on any atom is 0.260 e. The number of benzene rings is 2. The summed E-state index contributed by atoms with van der Waals surface area (Å²) in [4.78, 5) is 25.2. The number of fused-ring (bicyclic) bond motifs is 1. The third-order valence-corrected chi connectivity index (χ3v) is 6.58. The molecular weight excluding hydrogens is 428 g/mol. The minimum Gasteiger partial charge on any atom is -0.494 e. The number of hydrogen-bond acceptors (Lipinski definition) is 6. The zero-order valence-corrected chi connectivity index (χ0v) is 19.2. The van der Waals surface area contributed by atoms with Crippen LogP contribution in [0.3, 0.4) is 0 Å². The molecule has 0 fully saturated rings. The maximum atomic E-state index is 13.5. The highest BCUT2D eigenvalue weighted by atomic mass is 32.2. The number of ether oxygens (including phenoxy) is 1. The Morgan fingerprint density at radius 2 is 2.16 bits per heavy atom. The van der Waals surface area contributed by atoms with E-state index >= 15 is 0 Å². The zero-order chi connectivity index (χ0) is 21.6. The van der Waals surface area contributed by atoms with Gasteiger partial charge in [0, 0.05) is 35.9 Å². The van der Waals surface area contributed by atoms with E-state index < -0.39 is 0 Å². The molecule has 0 bridgehead atoms. The van der Waals surface area contributed by atoms with E-state index in [0.29, 0.717) is 23.8 Å². The summed E-state index contributed by atoms with van der Waals surface area (Å²) < 4.78 is 8.64. The molecule has 0 saturated carbocycles. The number of carbonyl (C=O) groups excluding carboxylic acids is 1. The lowest BCUT2D eigenvalue weighted by Crippen LogP contribution is -2.32. The van der Waals surface area contributed by atoms with Crippen LogP contribution in [0.25, 0.3) is 10.2 Å². The van der Waals surface area contributed by atoms with E-state index in [0.717, 1.165) is 33.8 Å². The largest absolute Gasteiger partial charge is 0.494 e. The second-order valence-corrected chi connectivity index (χ2v) is 8.79. The number of anilines is 1. The molecule has 0 atom stereocenters. The Kier molecular flexibility index (Phi) is 6.89. The first-order valence-corrected chi connectivity index (χ1v) is 12.2. The highest BCUT2D eigenvalue weighted by molar-refractivity contribution is 7.98. The molecule has 1 amide bonds. The molecule has 31 heavy (non-hydrogen) atoms. The van der Waals surface area contributed by atoms with Crippen LogP contribution >= 0.6 is 23.1 Å². The Hall–Kier alpha value is -2.84. The Balaban J connectivity index is 1.63. The second-order valence-electron chi connectivity index (χ2n) is 6.90. The lowest BCUT2D eigenvalue weighted by Gasteiger charge is -2.20. The van der Waals surface area contributed by atoms with Crippen LogP contribution in [0.15, 0.2) is 66.1 Å². The molecule has 0 spiro atoms. The molecule has 2 heterocycles. The molecule has 4 aromatic rings. The van der Waals surface area contributed by atoms with Gasteiger partial charge in [-0.1, -0.05) is 17.4 Å². The van der Waals surface area contributed by atoms with Crippen molar-refractivity contribution >= 4 is 44.4 Å². The summed E-state index contributed by atoms with van der Waals surface area (Å²) >= 11 is 3.14. The molecule has 0 aliphatic rings. The Labute approximate surface area is 189 Å². The summed E-state index contributed by atoms with van der Waals surface area (Å²) in [5.74, 6) is 0.779. The highest BCUT2D eigenvalue weighted by Crippen LogP contribution is 2.32. The average molecular weight is 453 g/mol. The molecular formula is C23H24N4O2S2. The molecule has 2 aromatic carbocycles. The minimum absolute atomic E-state index is 0.0365. The van der Waals surface area contributed by atoms with Crippen molar-refractivity contribution in [3.05, 3.63) is 66.7 Å². The lowest BCUT2D eigenvalue weighted by atomic mass is 10.2. The molecule has 2 aromatic heterocycles. The zero-order valence-electron chi connectivity index (χ0n) is 17.5. The summed E-state index contributed by atoms with van der Waals surface area (Å²) in [6.45, 7) is 3.93.